The van der Waals surface area contributed by atoms with Crippen molar-refractivity contribution in [2.45, 2.75) is 32.6 Å². The Morgan fingerprint density at radius 1 is 1.38 bits per heavy atom. The predicted octanol–water partition coefficient (Wildman–Crippen LogP) is 3.49. The summed E-state index contributed by atoms with van der Waals surface area (Å²) in [5.74, 6) is 0.950. The molecule has 1 aromatic carbocycles. The fraction of sp³-hybridized carbons (Fsp3) is 0.500. The number of Topliss-reactive ketones (excluding diaryl/α,β-unsaturated/α-hetero) is 1. The third-order valence-electron chi connectivity index (χ3n) is 3.34. The smallest absolute Gasteiger partial charge is 0.159 e. The largest absolute Gasteiger partial charge is 0.385 e. The van der Waals surface area contributed by atoms with E-state index in [0.717, 1.165) is 23.7 Å². The molecule has 0 spiro atoms. The summed E-state index contributed by atoms with van der Waals surface area (Å²) in [6, 6.07) is 7.77. The zero-order valence-electron chi connectivity index (χ0n) is 9.83. The summed E-state index contributed by atoms with van der Waals surface area (Å²) in [7, 11) is 0. The first-order valence-electron chi connectivity index (χ1n) is 6.10. The number of hydrogen-bond donors (Lipinski definition) is 1. The minimum absolute atomic E-state index is 0.129. The number of carbonyl (C=O) groups excluding carboxylic acids is 1. The van der Waals surface area contributed by atoms with Crippen LogP contribution in [0, 0.1) is 5.92 Å². The van der Waals surface area contributed by atoms with Gasteiger partial charge in [0.2, 0.25) is 0 Å². The normalized spacial score (nSPS) is 16.3. The van der Waals surface area contributed by atoms with E-state index in [0.29, 0.717) is 0 Å². The maximum absolute atomic E-state index is 11.2. The lowest BCUT2D eigenvalue weighted by Gasteiger charge is -2.12. The Hall–Kier alpha value is -1.31. The van der Waals surface area contributed by atoms with Crippen LogP contribution in [0.4, 0.5) is 5.69 Å². The van der Waals surface area contributed by atoms with Crippen molar-refractivity contribution in [2.24, 2.45) is 5.92 Å². The van der Waals surface area contributed by atoms with Crippen LogP contribution in [-0.2, 0) is 0 Å². The van der Waals surface area contributed by atoms with E-state index < -0.39 is 0 Å². The Bertz CT molecular complexity index is 367. The summed E-state index contributed by atoms with van der Waals surface area (Å²) in [4.78, 5) is 11.2. The first-order chi connectivity index (χ1) is 7.75. The van der Waals surface area contributed by atoms with Gasteiger partial charge >= 0.3 is 0 Å². The Kier molecular flexibility index (Phi) is 3.60. The summed E-state index contributed by atoms with van der Waals surface area (Å²) >= 11 is 0. The molecule has 2 nitrogen and oxygen atoms in total. The van der Waals surface area contributed by atoms with Crippen LogP contribution in [0.2, 0.25) is 0 Å². The molecule has 0 aliphatic heterocycles. The van der Waals surface area contributed by atoms with E-state index in [1.54, 1.807) is 6.92 Å². The number of anilines is 1. The van der Waals surface area contributed by atoms with Crippen LogP contribution < -0.4 is 5.32 Å². The molecule has 1 saturated carbocycles. The highest BCUT2D eigenvalue weighted by Crippen LogP contribution is 2.25. The van der Waals surface area contributed by atoms with Gasteiger partial charge in [-0.2, -0.15) is 0 Å². The lowest BCUT2D eigenvalue weighted by Crippen LogP contribution is -2.11. The van der Waals surface area contributed by atoms with Crippen molar-refractivity contribution >= 4 is 11.5 Å². The van der Waals surface area contributed by atoms with Crippen LogP contribution in [0.25, 0.3) is 0 Å². The SMILES string of the molecule is CC(=O)c1cccc(NCC2CCCC2)c1. The second-order valence-corrected chi connectivity index (χ2v) is 4.67. The number of hydrogen-bond acceptors (Lipinski definition) is 2. The molecule has 0 bridgehead atoms. The summed E-state index contributed by atoms with van der Waals surface area (Å²) in [6.45, 7) is 2.65. The van der Waals surface area contributed by atoms with Gasteiger partial charge in [-0.15, -0.1) is 0 Å². The Morgan fingerprint density at radius 3 is 2.81 bits per heavy atom. The first-order valence-corrected chi connectivity index (χ1v) is 6.10. The van der Waals surface area contributed by atoms with Crippen LogP contribution in [0.1, 0.15) is 43.0 Å². The van der Waals surface area contributed by atoms with Crippen molar-refractivity contribution in [2.75, 3.05) is 11.9 Å². The molecule has 0 heterocycles. The molecular weight excluding hydrogens is 198 g/mol. The molecule has 0 unspecified atom stereocenters. The van der Waals surface area contributed by atoms with Gasteiger partial charge in [0.05, 0.1) is 0 Å². The van der Waals surface area contributed by atoms with Gasteiger partial charge < -0.3 is 5.32 Å². The summed E-state index contributed by atoms with van der Waals surface area (Å²) in [5.41, 5.74) is 1.86. The van der Waals surface area contributed by atoms with Crippen LogP contribution >= 0.6 is 0 Å². The maximum Gasteiger partial charge on any atom is 0.159 e. The van der Waals surface area contributed by atoms with Gasteiger partial charge in [-0.05, 0) is 37.8 Å². The highest BCUT2D eigenvalue weighted by Gasteiger charge is 2.14. The quantitative estimate of drug-likeness (QED) is 0.782. The minimum atomic E-state index is 0.129. The van der Waals surface area contributed by atoms with Crippen molar-refractivity contribution in [3.05, 3.63) is 29.8 Å². The first kappa shape index (κ1) is 11.2. The van der Waals surface area contributed by atoms with Gasteiger partial charge in [-0.25, -0.2) is 0 Å². The monoisotopic (exact) mass is 217 g/mol. The second-order valence-electron chi connectivity index (χ2n) is 4.67. The van der Waals surface area contributed by atoms with Gasteiger partial charge in [-0.1, -0.05) is 25.0 Å². The molecule has 16 heavy (non-hydrogen) atoms. The molecule has 0 aromatic heterocycles. The molecule has 0 saturated heterocycles. The summed E-state index contributed by atoms with van der Waals surface area (Å²) in [6.07, 6.45) is 5.44. The number of rotatable bonds is 4. The molecule has 0 radical (unpaired) electrons. The standard InChI is InChI=1S/C14H19NO/c1-11(16)13-7-4-8-14(9-13)15-10-12-5-2-3-6-12/h4,7-9,12,15H,2-3,5-6,10H2,1H3. The van der Waals surface area contributed by atoms with Crippen LogP contribution in [0.3, 0.4) is 0 Å². The van der Waals surface area contributed by atoms with E-state index >= 15 is 0 Å². The van der Waals surface area contributed by atoms with E-state index in [4.69, 9.17) is 0 Å². The average molecular weight is 217 g/mol. The number of carbonyl (C=O) groups is 1. The Labute approximate surface area is 97.1 Å². The molecule has 1 aromatic rings. The van der Waals surface area contributed by atoms with Crippen molar-refractivity contribution in [1.29, 1.82) is 0 Å². The Morgan fingerprint density at radius 2 is 2.12 bits per heavy atom. The predicted molar refractivity (Wildman–Crippen MR) is 66.9 cm³/mol. The van der Waals surface area contributed by atoms with Crippen molar-refractivity contribution in [3.8, 4) is 0 Å². The molecule has 0 amide bonds. The fourth-order valence-electron chi connectivity index (χ4n) is 2.32. The van der Waals surface area contributed by atoms with Crippen LogP contribution in [0.15, 0.2) is 24.3 Å². The number of benzene rings is 1. The molecule has 2 rings (SSSR count). The number of nitrogens with one attached hydrogen (secondary N) is 1. The highest BCUT2D eigenvalue weighted by atomic mass is 16.1. The van der Waals surface area contributed by atoms with Gasteiger partial charge in [0, 0.05) is 17.8 Å². The molecule has 1 aliphatic carbocycles. The van der Waals surface area contributed by atoms with Crippen LogP contribution in [0.5, 0.6) is 0 Å². The van der Waals surface area contributed by atoms with Crippen molar-refractivity contribution in [1.82, 2.24) is 0 Å². The second kappa shape index (κ2) is 5.15. The lowest BCUT2D eigenvalue weighted by molar-refractivity contribution is 0.101. The van der Waals surface area contributed by atoms with E-state index in [1.165, 1.54) is 25.7 Å². The zero-order valence-corrected chi connectivity index (χ0v) is 9.83. The summed E-state index contributed by atoms with van der Waals surface area (Å²) in [5, 5.41) is 3.43. The van der Waals surface area contributed by atoms with Gasteiger partial charge in [0.25, 0.3) is 0 Å². The lowest BCUT2D eigenvalue weighted by atomic mass is 10.1. The topological polar surface area (TPSA) is 29.1 Å². The van der Waals surface area contributed by atoms with Crippen LogP contribution in [-0.4, -0.2) is 12.3 Å². The fourth-order valence-corrected chi connectivity index (χ4v) is 2.32. The summed E-state index contributed by atoms with van der Waals surface area (Å²) < 4.78 is 0. The number of ketones is 1. The third-order valence-corrected chi connectivity index (χ3v) is 3.34. The minimum Gasteiger partial charge on any atom is -0.385 e. The maximum atomic E-state index is 11.2. The van der Waals surface area contributed by atoms with Crippen molar-refractivity contribution in [3.63, 3.8) is 0 Å². The van der Waals surface area contributed by atoms with E-state index in [9.17, 15) is 4.79 Å². The molecule has 0 atom stereocenters. The molecule has 86 valence electrons. The molecule has 1 N–H and O–H groups in total. The van der Waals surface area contributed by atoms with E-state index in [2.05, 4.69) is 5.32 Å². The molecule has 2 heteroatoms. The van der Waals surface area contributed by atoms with Gasteiger partial charge in [-0.3, -0.25) is 4.79 Å². The van der Waals surface area contributed by atoms with E-state index in [1.807, 2.05) is 24.3 Å². The highest BCUT2D eigenvalue weighted by molar-refractivity contribution is 5.94. The third kappa shape index (κ3) is 2.84. The van der Waals surface area contributed by atoms with Gasteiger partial charge in [0.15, 0.2) is 5.78 Å². The molecular formula is C14H19NO. The van der Waals surface area contributed by atoms with E-state index in [-0.39, 0.29) is 5.78 Å². The molecule has 1 fully saturated rings. The van der Waals surface area contributed by atoms with Gasteiger partial charge in [0.1, 0.15) is 0 Å². The average Bonchev–Trinajstić information content (AvgIpc) is 2.79. The molecule has 1 aliphatic rings. The Balaban J connectivity index is 1.93. The van der Waals surface area contributed by atoms with Crippen molar-refractivity contribution < 1.29 is 4.79 Å². The zero-order chi connectivity index (χ0) is 11.4.